The van der Waals surface area contributed by atoms with Crippen molar-refractivity contribution in [2.75, 3.05) is 0 Å². The summed E-state index contributed by atoms with van der Waals surface area (Å²) in [5, 5.41) is 0. The van der Waals surface area contributed by atoms with Crippen LogP contribution in [0.4, 0.5) is 0 Å². The van der Waals surface area contributed by atoms with E-state index in [1.165, 1.54) is 0 Å². The van der Waals surface area contributed by atoms with E-state index in [1.54, 1.807) is 6.08 Å². The van der Waals surface area contributed by atoms with E-state index >= 15 is 0 Å². The zero-order valence-corrected chi connectivity index (χ0v) is 8.63. The van der Waals surface area contributed by atoms with Crippen LogP contribution in [0.15, 0.2) is 41.3 Å². The van der Waals surface area contributed by atoms with Gasteiger partial charge in [0, 0.05) is 4.91 Å². The number of hydrogen-bond donors (Lipinski definition) is 0. The maximum Gasteiger partial charge on any atom is 0.178 e. The van der Waals surface area contributed by atoms with Gasteiger partial charge in [-0.2, -0.15) is 0 Å². The molecule has 0 radical (unpaired) electrons. The summed E-state index contributed by atoms with van der Waals surface area (Å²) < 4.78 is 23.4. The van der Waals surface area contributed by atoms with Gasteiger partial charge in [0.1, 0.15) is 0 Å². The predicted octanol–water partition coefficient (Wildman–Crippen LogP) is 2.28. The molecule has 0 bridgehead atoms. The van der Waals surface area contributed by atoms with Crippen molar-refractivity contribution < 1.29 is 8.42 Å². The maximum atomic E-state index is 11.7. The molecule has 0 fully saturated rings. The van der Waals surface area contributed by atoms with E-state index in [9.17, 15) is 8.42 Å². The third-order valence-corrected chi connectivity index (χ3v) is 4.24. The summed E-state index contributed by atoms with van der Waals surface area (Å²) in [6.45, 7) is 0. The van der Waals surface area contributed by atoms with Gasteiger partial charge in [0.2, 0.25) is 0 Å². The van der Waals surface area contributed by atoms with E-state index in [0.29, 0.717) is 4.91 Å². The molecule has 3 heteroatoms. The lowest BCUT2D eigenvalue weighted by Crippen LogP contribution is -2.11. The first kappa shape index (κ1) is 9.46. The molecule has 74 valence electrons. The van der Waals surface area contributed by atoms with Crippen LogP contribution >= 0.6 is 0 Å². The Labute approximate surface area is 84.2 Å². The summed E-state index contributed by atoms with van der Waals surface area (Å²) in [4.78, 5) is 0.612. The monoisotopic (exact) mass is 208 g/mol. The van der Waals surface area contributed by atoms with Gasteiger partial charge in [0.05, 0.1) is 5.75 Å². The molecule has 0 unspecified atom stereocenters. The highest BCUT2D eigenvalue weighted by atomic mass is 32.2. The molecule has 0 aromatic heterocycles. The zero-order chi connectivity index (χ0) is 10.0. The van der Waals surface area contributed by atoms with E-state index in [0.717, 1.165) is 18.4 Å². The van der Waals surface area contributed by atoms with Gasteiger partial charge in [-0.05, 0) is 18.4 Å². The van der Waals surface area contributed by atoms with Crippen LogP contribution < -0.4 is 0 Å². The summed E-state index contributed by atoms with van der Waals surface area (Å²) in [6.07, 6.45) is 3.43. The minimum Gasteiger partial charge on any atom is -0.224 e. The number of hydrogen-bond acceptors (Lipinski definition) is 2. The van der Waals surface area contributed by atoms with E-state index in [2.05, 4.69) is 0 Å². The van der Waals surface area contributed by atoms with Crippen LogP contribution in [0.5, 0.6) is 0 Å². The summed E-state index contributed by atoms with van der Waals surface area (Å²) in [7, 11) is -3.02. The zero-order valence-electron chi connectivity index (χ0n) is 7.81. The molecule has 14 heavy (non-hydrogen) atoms. The SMILES string of the molecule is O=S(=O)(Cc1ccccc1)C1=CCC1. The van der Waals surface area contributed by atoms with Crippen molar-refractivity contribution in [1.82, 2.24) is 0 Å². The molecule has 1 aromatic rings. The standard InChI is InChI=1S/C11H12O2S/c12-14(13,11-7-4-8-11)9-10-5-2-1-3-6-10/h1-3,5-7H,4,8-9H2. The Hall–Kier alpha value is -1.09. The smallest absolute Gasteiger partial charge is 0.178 e. The molecule has 0 saturated carbocycles. The van der Waals surface area contributed by atoms with Crippen LogP contribution in [0.1, 0.15) is 18.4 Å². The van der Waals surface area contributed by atoms with Crippen molar-refractivity contribution in [1.29, 1.82) is 0 Å². The van der Waals surface area contributed by atoms with Crippen molar-refractivity contribution in [2.24, 2.45) is 0 Å². The average Bonchev–Trinajstić information content (AvgIpc) is 2.00. The fraction of sp³-hybridized carbons (Fsp3) is 0.273. The van der Waals surface area contributed by atoms with Crippen LogP contribution in [-0.2, 0) is 15.6 Å². The van der Waals surface area contributed by atoms with Gasteiger partial charge >= 0.3 is 0 Å². The van der Waals surface area contributed by atoms with Crippen molar-refractivity contribution in [2.45, 2.75) is 18.6 Å². The minimum absolute atomic E-state index is 0.139. The van der Waals surface area contributed by atoms with E-state index in [-0.39, 0.29) is 5.75 Å². The fourth-order valence-corrected chi connectivity index (χ4v) is 3.05. The molecule has 0 saturated heterocycles. The molecule has 0 aliphatic heterocycles. The fourth-order valence-electron chi connectivity index (χ4n) is 1.43. The second kappa shape index (κ2) is 3.58. The Morgan fingerprint density at radius 1 is 1.14 bits per heavy atom. The maximum absolute atomic E-state index is 11.7. The highest BCUT2D eigenvalue weighted by molar-refractivity contribution is 7.94. The molecule has 0 N–H and O–H groups in total. The van der Waals surface area contributed by atoms with Gasteiger partial charge < -0.3 is 0 Å². The number of sulfone groups is 1. The van der Waals surface area contributed by atoms with Crippen LogP contribution in [-0.4, -0.2) is 8.42 Å². The molecule has 1 aliphatic carbocycles. The Balaban J connectivity index is 2.19. The molecule has 1 aromatic carbocycles. The summed E-state index contributed by atoms with van der Waals surface area (Å²) in [5.41, 5.74) is 0.861. The Morgan fingerprint density at radius 2 is 1.79 bits per heavy atom. The van der Waals surface area contributed by atoms with Crippen LogP contribution in [0.2, 0.25) is 0 Å². The summed E-state index contributed by atoms with van der Waals surface area (Å²) in [6, 6.07) is 9.30. The van der Waals surface area contributed by atoms with Crippen molar-refractivity contribution >= 4 is 9.84 Å². The molecule has 2 nitrogen and oxygen atoms in total. The van der Waals surface area contributed by atoms with Gasteiger partial charge in [0.15, 0.2) is 9.84 Å². The third-order valence-electron chi connectivity index (χ3n) is 2.36. The molecule has 0 spiro atoms. The number of allylic oxidation sites excluding steroid dienone is 2. The minimum atomic E-state index is -3.02. The predicted molar refractivity (Wildman–Crippen MR) is 56.4 cm³/mol. The Morgan fingerprint density at radius 3 is 2.29 bits per heavy atom. The van der Waals surface area contributed by atoms with Gasteiger partial charge in [-0.15, -0.1) is 0 Å². The first-order valence-electron chi connectivity index (χ1n) is 4.64. The lowest BCUT2D eigenvalue weighted by atomic mass is 10.1. The highest BCUT2D eigenvalue weighted by Crippen LogP contribution is 2.26. The largest absolute Gasteiger partial charge is 0.224 e. The summed E-state index contributed by atoms with van der Waals surface area (Å²) in [5.74, 6) is 0.139. The molecule has 0 amide bonds. The van der Waals surface area contributed by atoms with Crippen LogP contribution in [0.25, 0.3) is 0 Å². The number of rotatable bonds is 3. The molecular weight excluding hydrogens is 196 g/mol. The molecule has 2 rings (SSSR count). The van der Waals surface area contributed by atoms with E-state index < -0.39 is 9.84 Å². The van der Waals surface area contributed by atoms with Gasteiger partial charge in [-0.3, -0.25) is 0 Å². The van der Waals surface area contributed by atoms with Crippen LogP contribution in [0.3, 0.4) is 0 Å². The van der Waals surface area contributed by atoms with E-state index in [4.69, 9.17) is 0 Å². The lowest BCUT2D eigenvalue weighted by Gasteiger charge is -2.14. The lowest BCUT2D eigenvalue weighted by molar-refractivity contribution is 0.596. The average molecular weight is 208 g/mol. The normalized spacial score (nSPS) is 15.9. The Kier molecular flexibility index (Phi) is 2.42. The second-order valence-corrected chi connectivity index (χ2v) is 5.50. The topological polar surface area (TPSA) is 34.1 Å². The van der Waals surface area contributed by atoms with Crippen molar-refractivity contribution in [3.63, 3.8) is 0 Å². The van der Waals surface area contributed by atoms with Gasteiger partial charge in [0.25, 0.3) is 0 Å². The van der Waals surface area contributed by atoms with Crippen LogP contribution in [0, 0.1) is 0 Å². The molecular formula is C11H12O2S. The molecule has 0 heterocycles. The Bertz CT molecular complexity index is 443. The van der Waals surface area contributed by atoms with Crippen molar-refractivity contribution in [3.05, 3.63) is 46.9 Å². The molecule has 0 atom stereocenters. The first-order valence-corrected chi connectivity index (χ1v) is 6.29. The number of benzene rings is 1. The van der Waals surface area contributed by atoms with Gasteiger partial charge in [-0.25, -0.2) is 8.42 Å². The summed E-state index contributed by atoms with van der Waals surface area (Å²) >= 11 is 0. The highest BCUT2D eigenvalue weighted by Gasteiger charge is 2.21. The first-order chi connectivity index (χ1) is 6.68. The van der Waals surface area contributed by atoms with E-state index in [1.807, 2.05) is 30.3 Å². The quantitative estimate of drug-likeness (QED) is 0.763. The molecule has 1 aliphatic rings. The second-order valence-electron chi connectivity index (χ2n) is 3.45. The third kappa shape index (κ3) is 1.87. The van der Waals surface area contributed by atoms with Gasteiger partial charge in [-0.1, -0.05) is 36.4 Å². The van der Waals surface area contributed by atoms with Crippen molar-refractivity contribution in [3.8, 4) is 0 Å².